The Kier molecular flexibility index (Phi) is 7.41. The van der Waals surface area contributed by atoms with Crippen LogP contribution in [0.5, 0.6) is 23.0 Å². The molecule has 4 aromatic carbocycles. The van der Waals surface area contributed by atoms with Crippen molar-refractivity contribution in [2.45, 2.75) is 6.54 Å². The van der Waals surface area contributed by atoms with Crippen molar-refractivity contribution in [2.75, 3.05) is 28.4 Å². The number of carbonyl (C=O) groups excluding carboxylic acids is 1. The van der Waals surface area contributed by atoms with Gasteiger partial charge < -0.3 is 28.7 Å². The van der Waals surface area contributed by atoms with E-state index in [4.69, 9.17) is 23.4 Å². The van der Waals surface area contributed by atoms with E-state index < -0.39 is 0 Å². The van der Waals surface area contributed by atoms with Crippen LogP contribution in [0, 0.1) is 0 Å². The lowest BCUT2D eigenvalue weighted by molar-refractivity contribution is 0.0952. The van der Waals surface area contributed by atoms with Crippen LogP contribution in [-0.4, -0.2) is 34.3 Å². The topological polar surface area (TPSA) is 79.2 Å². The van der Waals surface area contributed by atoms with Gasteiger partial charge >= 0.3 is 0 Å². The highest BCUT2D eigenvalue weighted by atomic mass is 16.5. The maximum absolute atomic E-state index is 13.7. The van der Waals surface area contributed by atoms with E-state index in [0.717, 1.165) is 28.0 Å². The lowest BCUT2D eigenvalue weighted by atomic mass is 9.95. The average molecular weight is 524 g/mol. The molecule has 0 aliphatic carbocycles. The minimum atomic E-state index is -0.249. The van der Waals surface area contributed by atoms with Gasteiger partial charge in [0.05, 0.1) is 34.0 Å². The summed E-state index contributed by atoms with van der Waals surface area (Å²) in [7, 11) is 6.39. The molecule has 1 aromatic heterocycles. The van der Waals surface area contributed by atoms with Crippen LogP contribution in [0.2, 0.25) is 0 Å². The van der Waals surface area contributed by atoms with E-state index >= 15 is 0 Å². The van der Waals surface area contributed by atoms with Gasteiger partial charge in [-0.1, -0.05) is 30.3 Å². The zero-order valence-electron chi connectivity index (χ0n) is 22.2. The number of hydrogen-bond acceptors (Lipinski definition) is 6. The van der Waals surface area contributed by atoms with E-state index in [1.807, 2.05) is 66.7 Å². The molecule has 0 saturated heterocycles. The van der Waals surface area contributed by atoms with Crippen LogP contribution >= 0.6 is 0 Å². The normalized spacial score (nSPS) is 10.8. The third-order valence-corrected chi connectivity index (χ3v) is 6.53. The lowest BCUT2D eigenvalue weighted by Crippen LogP contribution is -2.23. The molecule has 0 unspecified atom stereocenters. The maximum atomic E-state index is 13.7. The molecule has 0 aliphatic rings. The van der Waals surface area contributed by atoms with Crippen molar-refractivity contribution in [3.05, 3.63) is 96.1 Å². The van der Waals surface area contributed by atoms with Gasteiger partial charge in [0, 0.05) is 35.2 Å². The summed E-state index contributed by atoms with van der Waals surface area (Å²) >= 11 is 0. The van der Waals surface area contributed by atoms with Crippen LogP contribution in [0.3, 0.4) is 0 Å². The zero-order valence-corrected chi connectivity index (χ0v) is 22.2. The molecule has 0 bridgehead atoms. The number of methoxy groups -OCH3 is 4. The number of ether oxygens (including phenoxy) is 4. The predicted octanol–water partition coefficient (Wildman–Crippen LogP) is 6.73. The van der Waals surface area contributed by atoms with Crippen molar-refractivity contribution in [1.29, 1.82) is 0 Å². The minimum Gasteiger partial charge on any atom is -0.497 e. The second-order valence-electron chi connectivity index (χ2n) is 8.85. The molecule has 0 atom stereocenters. The molecule has 1 heterocycles. The first-order chi connectivity index (χ1) is 19.0. The number of rotatable bonds is 9. The van der Waals surface area contributed by atoms with E-state index in [-0.39, 0.29) is 5.91 Å². The summed E-state index contributed by atoms with van der Waals surface area (Å²) < 4.78 is 28.5. The molecule has 39 heavy (non-hydrogen) atoms. The number of furan rings is 1. The molecule has 7 nitrogen and oxygen atoms in total. The second-order valence-corrected chi connectivity index (χ2v) is 8.85. The number of nitrogens with one attached hydrogen (secondary N) is 1. The minimum absolute atomic E-state index is 0.249. The fraction of sp³-hybridized carbons (Fsp3) is 0.156. The summed E-state index contributed by atoms with van der Waals surface area (Å²) in [6.07, 6.45) is 0. The van der Waals surface area contributed by atoms with Gasteiger partial charge in [-0.3, -0.25) is 4.79 Å². The Morgan fingerprint density at radius 1 is 0.692 bits per heavy atom. The van der Waals surface area contributed by atoms with E-state index in [1.165, 1.54) is 0 Å². The van der Waals surface area contributed by atoms with Gasteiger partial charge in [-0.2, -0.15) is 0 Å². The lowest BCUT2D eigenvalue weighted by Gasteiger charge is -2.12. The largest absolute Gasteiger partial charge is 0.497 e. The number of fused-ring (bicyclic) bond motifs is 1. The van der Waals surface area contributed by atoms with Crippen LogP contribution < -0.4 is 24.3 Å². The third kappa shape index (κ3) is 5.25. The molecule has 0 saturated carbocycles. The van der Waals surface area contributed by atoms with E-state index in [1.54, 1.807) is 46.6 Å². The van der Waals surface area contributed by atoms with E-state index in [9.17, 15) is 4.79 Å². The molecule has 0 fully saturated rings. The van der Waals surface area contributed by atoms with Gasteiger partial charge in [-0.05, 0) is 53.6 Å². The Morgan fingerprint density at radius 3 is 1.92 bits per heavy atom. The van der Waals surface area contributed by atoms with Crippen molar-refractivity contribution < 1.29 is 28.2 Å². The zero-order chi connectivity index (χ0) is 27.4. The molecule has 5 rings (SSSR count). The summed E-state index contributed by atoms with van der Waals surface area (Å²) in [5.41, 5.74) is 4.27. The van der Waals surface area contributed by atoms with Crippen LogP contribution in [0.1, 0.15) is 15.9 Å². The Balaban J connectivity index is 1.75. The Hall–Kier alpha value is -4.91. The first-order valence-electron chi connectivity index (χ1n) is 12.4. The highest BCUT2D eigenvalue weighted by Gasteiger charge is 2.25. The molecule has 198 valence electrons. The molecular weight excluding hydrogens is 494 g/mol. The fourth-order valence-electron chi connectivity index (χ4n) is 4.55. The molecule has 1 N–H and O–H groups in total. The molecule has 0 radical (unpaired) electrons. The fourth-order valence-corrected chi connectivity index (χ4v) is 4.55. The maximum Gasteiger partial charge on any atom is 0.252 e. The monoisotopic (exact) mass is 523 g/mol. The molecule has 5 aromatic rings. The smallest absolute Gasteiger partial charge is 0.252 e. The molecule has 0 aliphatic heterocycles. The highest BCUT2D eigenvalue weighted by Crippen LogP contribution is 2.45. The van der Waals surface area contributed by atoms with Crippen LogP contribution in [-0.2, 0) is 6.54 Å². The van der Waals surface area contributed by atoms with Crippen molar-refractivity contribution in [3.63, 3.8) is 0 Å². The van der Waals surface area contributed by atoms with Crippen molar-refractivity contribution in [2.24, 2.45) is 0 Å². The van der Waals surface area contributed by atoms with Crippen molar-refractivity contribution in [1.82, 2.24) is 5.32 Å². The number of benzene rings is 4. The third-order valence-electron chi connectivity index (χ3n) is 6.53. The highest BCUT2D eigenvalue weighted by molar-refractivity contribution is 6.14. The van der Waals surface area contributed by atoms with Crippen molar-refractivity contribution >= 4 is 16.9 Å². The van der Waals surface area contributed by atoms with Gasteiger partial charge in [-0.25, -0.2) is 0 Å². The first-order valence-corrected chi connectivity index (χ1v) is 12.4. The quantitative estimate of drug-likeness (QED) is 0.231. The van der Waals surface area contributed by atoms with Gasteiger partial charge in [0.1, 0.15) is 34.3 Å². The Labute approximate surface area is 226 Å². The predicted molar refractivity (Wildman–Crippen MR) is 151 cm³/mol. The molecule has 0 spiro atoms. The van der Waals surface area contributed by atoms with Crippen molar-refractivity contribution in [3.8, 4) is 45.4 Å². The van der Waals surface area contributed by atoms with Gasteiger partial charge in [0.2, 0.25) is 0 Å². The Morgan fingerprint density at radius 2 is 1.31 bits per heavy atom. The summed E-state index contributed by atoms with van der Waals surface area (Å²) in [6, 6.07) is 26.5. The van der Waals surface area contributed by atoms with Gasteiger partial charge in [-0.15, -0.1) is 0 Å². The van der Waals surface area contributed by atoms with Gasteiger partial charge in [0.15, 0.2) is 0 Å². The summed E-state index contributed by atoms with van der Waals surface area (Å²) in [5.74, 6) is 2.81. The number of carbonyl (C=O) groups is 1. The first kappa shape index (κ1) is 25.7. The standard InChI is InChI=1S/C32H29NO6/c1-35-23-12-10-21(11-13-23)31-29(22-14-24(36-2)16-25(15-22)37-3)30-27(17-26(38-4)18-28(30)39-31)32(34)33-19-20-8-6-5-7-9-20/h5-18H,19H2,1-4H3,(H,33,34). The van der Waals surface area contributed by atoms with Crippen LogP contribution in [0.15, 0.2) is 89.3 Å². The molecule has 7 heteroatoms. The van der Waals surface area contributed by atoms with E-state index in [0.29, 0.717) is 46.1 Å². The van der Waals surface area contributed by atoms with Crippen LogP contribution in [0.25, 0.3) is 33.4 Å². The number of hydrogen-bond donors (Lipinski definition) is 1. The summed E-state index contributed by atoms with van der Waals surface area (Å²) in [4.78, 5) is 13.7. The van der Waals surface area contributed by atoms with Gasteiger partial charge in [0.25, 0.3) is 5.91 Å². The SMILES string of the molecule is COc1ccc(-c2oc3cc(OC)cc(C(=O)NCc4ccccc4)c3c2-c2cc(OC)cc(OC)c2)cc1. The summed E-state index contributed by atoms with van der Waals surface area (Å²) in [6.45, 7) is 0.379. The van der Waals surface area contributed by atoms with E-state index in [2.05, 4.69) is 5.32 Å². The Bertz CT molecular complexity index is 1580. The molecule has 1 amide bonds. The van der Waals surface area contributed by atoms with Crippen LogP contribution in [0.4, 0.5) is 0 Å². The molecular formula is C32H29NO6. The second kappa shape index (κ2) is 11.2. The average Bonchev–Trinajstić information content (AvgIpc) is 3.39. The summed E-state index contributed by atoms with van der Waals surface area (Å²) in [5, 5.41) is 3.70. The number of amides is 1.